The molecule has 1 atom stereocenters. The number of carbonyl (C=O) groups excluding carboxylic acids is 1. The van der Waals surface area contributed by atoms with Crippen molar-refractivity contribution in [3.8, 4) is 17.2 Å². The highest BCUT2D eigenvalue weighted by Crippen LogP contribution is 2.28. The Hall–Kier alpha value is -2.40. The third-order valence-corrected chi connectivity index (χ3v) is 3.48. The summed E-state index contributed by atoms with van der Waals surface area (Å²) in [6, 6.07) is 8.81. The fourth-order valence-electron chi connectivity index (χ4n) is 2.01. The van der Waals surface area contributed by atoms with E-state index in [1.165, 1.54) is 30.3 Å². The second-order valence-electron chi connectivity index (χ2n) is 5.08. The smallest absolute Gasteiger partial charge is 0.227 e. The lowest BCUT2D eigenvalue weighted by Gasteiger charge is -2.14. The molecule has 0 aliphatic heterocycles. The Morgan fingerprint density at radius 1 is 1.09 bits per heavy atom. The van der Waals surface area contributed by atoms with Gasteiger partial charge in [0.05, 0.1) is 5.69 Å². The molecule has 0 fully saturated rings. The van der Waals surface area contributed by atoms with Crippen LogP contribution < -0.4 is 5.32 Å². The molecule has 5 nitrogen and oxygen atoms in total. The quantitative estimate of drug-likeness (QED) is 0.651. The first-order valence-corrected chi connectivity index (χ1v) is 7.05. The van der Waals surface area contributed by atoms with Gasteiger partial charge in [0.1, 0.15) is 5.75 Å². The van der Waals surface area contributed by atoms with Crippen LogP contribution in [0.2, 0.25) is 5.02 Å². The van der Waals surface area contributed by atoms with Crippen LogP contribution in [-0.4, -0.2) is 21.2 Å². The lowest BCUT2D eigenvalue weighted by molar-refractivity contribution is -0.119. The molecule has 2 rings (SSSR count). The summed E-state index contributed by atoms with van der Waals surface area (Å²) in [5.41, 5.74) is 0.964. The van der Waals surface area contributed by atoms with Crippen LogP contribution in [0.3, 0.4) is 0 Å². The standard InChI is InChI=1S/C16H16ClNO4/c1-9(6-10-2-4-14(20)15(21)7-10)16(22)18-12-8-11(17)3-5-13(12)19/h2-5,7-9,19-21H,6H2,1H3,(H,18,22). The van der Waals surface area contributed by atoms with Crippen LogP contribution in [0.25, 0.3) is 0 Å². The highest BCUT2D eigenvalue weighted by molar-refractivity contribution is 6.31. The van der Waals surface area contributed by atoms with Crippen molar-refractivity contribution in [2.24, 2.45) is 5.92 Å². The molecule has 0 aliphatic rings. The highest BCUT2D eigenvalue weighted by atomic mass is 35.5. The van der Waals surface area contributed by atoms with E-state index in [0.29, 0.717) is 17.0 Å². The van der Waals surface area contributed by atoms with E-state index in [1.54, 1.807) is 13.0 Å². The lowest BCUT2D eigenvalue weighted by Crippen LogP contribution is -2.22. The van der Waals surface area contributed by atoms with Gasteiger partial charge in [0.15, 0.2) is 11.5 Å². The second kappa shape index (κ2) is 6.58. The monoisotopic (exact) mass is 321 g/mol. The van der Waals surface area contributed by atoms with Gasteiger partial charge >= 0.3 is 0 Å². The molecule has 2 aromatic carbocycles. The zero-order chi connectivity index (χ0) is 16.3. The Balaban J connectivity index is 2.05. The number of halogens is 1. The molecule has 4 N–H and O–H groups in total. The molecule has 22 heavy (non-hydrogen) atoms. The van der Waals surface area contributed by atoms with E-state index in [2.05, 4.69) is 5.32 Å². The van der Waals surface area contributed by atoms with Crippen LogP contribution in [0.5, 0.6) is 17.2 Å². The van der Waals surface area contributed by atoms with Crippen LogP contribution >= 0.6 is 11.6 Å². The summed E-state index contributed by atoms with van der Waals surface area (Å²) in [7, 11) is 0. The van der Waals surface area contributed by atoms with Crippen molar-refractivity contribution in [2.45, 2.75) is 13.3 Å². The predicted octanol–water partition coefficient (Wildman–Crippen LogP) is 3.27. The number of anilines is 1. The first-order chi connectivity index (χ1) is 10.4. The number of hydrogen-bond acceptors (Lipinski definition) is 4. The van der Waals surface area contributed by atoms with E-state index in [-0.39, 0.29) is 28.8 Å². The predicted molar refractivity (Wildman–Crippen MR) is 84.4 cm³/mol. The van der Waals surface area contributed by atoms with E-state index in [1.807, 2.05) is 0 Å². The van der Waals surface area contributed by atoms with Crippen molar-refractivity contribution >= 4 is 23.2 Å². The Kier molecular flexibility index (Phi) is 4.78. The first-order valence-electron chi connectivity index (χ1n) is 6.67. The molecule has 0 radical (unpaired) electrons. The van der Waals surface area contributed by atoms with Gasteiger partial charge in [0.2, 0.25) is 5.91 Å². The minimum Gasteiger partial charge on any atom is -0.506 e. The molecule has 0 saturated carbocycles. The third-order valence-electron chi connectivity index (χ3n) is 3.25. The number of amides is 1. The third kappa shape index (κ3) is 3.83. The fourth-order valence-corrected chi connectivity index (χ4v) is 2.18. The number of aromatic hydroxyl groups is 3. The Bertz CT molecular complexity index is 703. The Morgan fingerprint density at radius 2 is 1.77 bits per heavy atom. The molecule has 0 bridgehead atoms. The topological polar surface area (TPSA) is 89.8 Å². The Labute approximate surface area is 132 Å². The van der Waals surface area contributed by atoms with E-state index < -0.39 is 5.92 Å². The van der Waals surface area contributed by atoms with Gasteiger partial charge in [-0.3, -0.25) is 4.79 Å². The van der Waals surface area contributed by atoms with Gasteiger partial charge in [-0.2, -0.15) is 0 Å². The van der Waals surface area contributed by atoms with Crippen molar-refractivity contribution in [2.75, 3.05) is 5.32 Å². The number of carbonyl (C=O) groups is 1. The molecule has 1 unspecified atom stereocenters. The molecule has 2 aromatic rings. The maximum absolute atomic E-state index is 12.2. The molecule has 116 valence electrons. The Morgan fingerprint density at radius 3 is 2.45 bits per heavy atom. The van der Waals surface area contributed by atoms with Gasteiger partial charge in [-0.25, -0.2) is 0 Å². The first kappa shape index (κ1) is 16.0. The summed E-state index contributed by atoms with van der Waals surface area (Å²) < 4.78 is 0. The van der Waals surface area contributed by atoms with Crippen LogP contribution in [0, 0.1) is 5.92 Å². The average Bonchev–Trinajstić information content (AvgIpc) is 2.46. The highest BCUT2D eigenvalue weighted by Gasteiger charge is 2.16. The molecule has 0 aliphatic carbocycles. The minimum absolute atomic E-state index is 0.0628. The number of phenolic OH excluding ortho intramolecular Hbond substituents is 3. The van der Waals surface area contributed by atoms with Crippen molar-refractivity contribution in [3.05, 3.63) is 47.0 Å². The zero-order valence-corrected chi connectivity index (χ0v) is 12.6. The van der Waals surface area contributed by atoms with Gasteiger partial charge in [0.25, 0.3) is 0 Å². The van der Waals surface area contributed by atoms with E-state index in [4.69, 9.17) is 11.6 Å². The lowest BCUT2D eigenvalue weighted by atomic mass is 10.00. The summed E-state index contributed by atoms with van der Waals surface area (Å²) in [4.78, 5) is 12.2. The number of benzene rings is 2. The largest absolute Gasteiger partial charge is 0.506 e. The van der Waals surface area contributed by atoms with Gasteiger partial charge in [-0.05, 0) is 42.3 Å². The number of rotatable bonds is 4. The van der Waals surface area contributed by atoms with Crippen LogP contribution in [-0.2, 0) is 11.2 Å². The molecule has 6 heteroatoms. The van der Waals surface area contributed by atoms with E-state index in [9.17, 15) is 20.1 Å². The van der Waals surface area contributed by atoms with E-state index >= 15 is 0 Å². The summed E-state index contributed by atoms with van der Waals surface area (Å²) in [5, 5.41) is 31.4. The number of hydrogen-bond donors (Lipinski definition) is 4. The van der Waals surface area contributed by atoms with Gasteiger partial charge in [0, 0.05) is 10.9 Å². The molecular weight excluding hydrogens is 306 g/mol. The summed E-state index contributed by atoms with van der Waals surface area (Å²) in [6.45, 7) is 1.72. The normalized spacial score (nSPS) is 11.9. The molecule has 1 amide bonds. The molecule has 0 saturated heterocycles. The molecular formula is C16H16ClNO4. The summed E-state index contributed by atoms with van der Waals surface area (Å²) in [6.07, 6.45) is 0.376. The van der Waals surface area contributed by atoms with Crippen LogP contribution in [0.1, 0.15) is 12.5 Å². The number of phenols is 3. The average molecular weight is 322 g/mol. The van der Waals surface area contributed by atoms with Gasteiger partial charge < -0.3 is 20.6 Å². The number of nitrogens with one attached hydrogen (secondary N) is 1. The molecule has 0 heterocycles. The van der Waals surface area contributed by atoms with E-state index in [0.717, 1.165) is 0 Å². The summed E-state index contributed by atoms with van der Waals surface area (Å²) in [5.74, 6) is -1.18. The summed E-state index contributed by atoms with van der Waals surface area (Å²) >= 11 is 5.83. The maximum atomic E-state index is 12.2. The molecule has 0 spiro atoms. The van der Waals surface area contributed by atoms with Crippen molar-refractivity contribution in [1.29, 1.82) is 0 Å². The van der Waals surface area contributed by atoms with Crippen molar-refractivity contribution in [3.63, 3.8) is 0 Å². The zero-order valence-electron chi connectivity index (χ0n) is 11.9. The second-order valence-corrected chi connectivity index (χ2v) is 5.52. The van der Waals surface area contributed by atoms with Gasteiger partial charge in [-0.1, -0.05) is 24.6 Å². The molecule has 0 aromatic heterocycles. The SMILES string of the molecule is CC(Cc1ccc(O)c(O)c1)C(=O)Nc1cc(Cl)ccc1O. The fraction of sp³-hybridized carbons (Fsp3) is 0.188. The van der Waals surface area contributed by atoms with Gasteiger partial charge in [-0.15, -0.1) is 0 Å². The van der Waals surface area contributed by atoms with Crippen LogP contribution in [0.4, 0.5) is 5.69 Å². The van der Waals surface area contributed by atoms with Crippen LogP contribution in [0.15, 0.2) is 36.4 Å². The minimum atomic E-state index is -0.401. The van der Waals surface area contributed by atoms with Crippen molar-refractivity contribution < 1.29 is 20.1 Å². The van der Waals surface area contributed by atoms with Crippen molar-refractivity contribution in [1.82, 2.24) is 0 Å². The maximum Gasteiger partial charge on any atom is 0.227 e.